The molecule has 0 unspecified atom stereocenters. The fraction of sp³-hybridized carbons (Fsp3) is 0.600. The number of nitrogens with one attached hydrogen (secondary N) is 2. The van der Waals surface area contributed by atoms with Gasteiger partial charge in [-0.15, -0.1) is 0 Å². The predicted octanol–water partition coefficient (Wildman–Crippen LogP) is 2.28. The van der Waals surface area contributed by atoms with Gasteiger partial charge in [0.1, 0.15) is 5.82 Å². The number of amides is 1. The second-order valence-corrected chi connectivity index (χ2v) is 6.34. The summed E-state index contributed by atoms with van der Waals surface area (Å²) >= 11 is 1.50. The zero-order valence-electron chi connectivity index (χ0n) is 14.1. The van der Waals surface area contributed by atoms with Crippen LogP contribution in [0.25, 0.3) is 11.0 Å². The van der Waals surface area contributed by atoms with E-state index in [2.05, 4.69) is 39.5 Å². The van der Waals surface area contributed by atoms with Crippen molar-refractivity contribution in [3.8, 4) is 0 Å². The van der Waals surface area contributed by atoms with Crippen molar-refractivity contribution in [2.75, 3.05) is 18.1 Å². The van der Waals surface area contributed by atoms with Gasteiger partial charge in [0.05, 0.1) is 18.1 Å². The summed E-state index contributed by atoms with van der Waals surface area (Å²) in [6.07, 6.45) is 5.14. The largest absolute Gasteiger partial charge is 0.367 e. The third-order valence-corrected chi connectivity index (χ3v) is 3.75. The maximum Gasteiger partial charge on any atom is 0.220 e. The summed E-state index contributed by atoms with van der Waals surface area (Å²) in [5, 5.41) is 12.2. The molecule has 0 atom stereocenters. The SMILES string of the molecule is CCCC(=O)NCCn1ncc2c(NC(C)C)nc(SC)nc21. The van der Waals surface area contributed by atoms with Crippen LogP contribution in [0, 0.1) is 0 Å². The highest BCUT2D eigenvalue weighted by molar-refractivity contribution is 7.98. The lowest BCUT2D eigenvalue weighted by molar-refractivity contribution is -0.121. The Bertz CT molecular complexity index is 669. The molecule has 0 saturated heterocycles. The van der Waals surface area contributed by atoms with Crippen molar-refractivity contribution in [3.05, 3.63) is 6.20 Å². The van der Waals surface area contributed by atoms with E-state index in [1.165, 1.54) is 11.8 Å². The Morgan fingerprint density at radius 2 is 2.17 bits per heavy atom. The molecule has 2 aromatic rings. The molecule has 0 aliphatic heterocycles. The van der Waals surface area contributed by atoms with Gasteiger partial charge >= 0.3 is 0 Å². The van der Waals surface area contributed by atoms with Gasteiger partial charge in [0.2, 0.25) is 5.91 Å². The lowest BCUT2D eigenvalue weighted by Crippen LogP contribution is -2.27. The van der Waals surface area contributed by atoms with E-state index in [1.807, 2.05) is 17.9 Å². The van der Waals surface area contributed by atoms with Crippen LogP contribution in [0.3, 0.4) is 0 Å². The first-order chi connectivity index (χ1) is 11.0. The third kappa shape index (κ3) is 4.57. The van der Waals surface area contributed by atoms with E-state index in [0.29, 0.717) is 24.7 Å². The van der Waals surface area contributed by atoms with Gasteiger partial charge in [-0.3, -0.25) is 4.79 Å². The van der Waals surface area contributed by atoms with Gasteiger partial charge in [0.25, 0.3) is 0 Å². The second kappa shape index (κ2) is 8.14. The maximum absolute atomic E-state index is 11.5. The number of rotatable bonds is 8. The monoisotopic (exact) mass is 336 g/mol. The number of aromatic nitrogens is 4. The Labute approximate surface area is 140 Å². The molecule has 2 aromatic heterocycles. The summed E-state index contributed by atoms with van der Waals surface area (Å²) < 4.78 is 1.81. The highest BCUT2D eigenvalue weighted by Gasteiger charge is 2.13. The number of anilines is 1. The zero-order valence-corrected chi connectivity index (χ0v) is 14.9. The molecule has 0 saturated carbocycles. The molecule has 2 rings (SSSR count). The van der Waals surface area contributed by atoms with Gasteiger partial charge in [-0.05, 0) is 26.5 Å². The minimum absolute atomic E-state index is 0.0746. The van der Waals surface area contributed by atoms with E-state index in [9.17, 15) is 4.79 Å². The van der Waals surface area contributed by atoms with E-state index in [1.54, 1.807) is 6.20 Å². The van der Waals surface area contributed by atoms with E-state index >= 15 is 0 Å². The Kier molecular flexibility index (Phi) is 6.20. The van der Waals surface area contributed by atoms with Crippen LogP contribution in [0.1, 0.15) is 33.6 Å². The van der Waals surface area contributed by atoms with Crippen LogP contribution in [0.5, 0.6) is 0 Å². The molecule has 0 fully saturated rings. The molecular formula is C15H24N6OS. The molecule has 2 N–H and O–H groups in total. The minimum atomic E-state index is 0.0746. The van der Waals surface area contributed by atoms with Crippen molar-refractivity contribution >= 4 is 34.5 Å². The molecule has 0 aliphatic rings. The number of hydrogen-bond donors (Lipinski definition) is 2. The lowest BCUT2D eigenvalue weighted by atomic mass is 10.3. The van der Waals surface area contributed by atoms with E-state index < -0.39 is 0 Å². The highest BCUT2D eigenvalue weighted by atomic mass is 32.2. The van der Waals surface area contributed by atoms with Gasteiger partial charge in [-0.25, -0.2) is 14.6 Å². The average Bonchev–Trinajstić information content (AvgIpc) is 2.90. The first-order valence-electron chi connectivity index (χ1n) is 7.86. The van der Waals surface area contributed by atoms with Gasteiger partial charge < -0.3 is 10.6 Å². The molecule has 0 bridgehead atoms. The van der Waals surface area contributed by atoms with Crippen molar-refractivity contribution in [2.45, 2.75) is 51.4 Å². The molecule has 1 amide bonds. The van der Waals surface area contributed by atoms with Crippen molar-refractivity contribution in [1.29, 1.82) is 0 Å². The quantitative estimate of drug-likeness (QED) is 0.568. The first-order valence-corrected chi connectivity index (χ1v) is 9.08. The van der Waals surface area contributed by atoms with Gasteiger partial charge in [0.15, 0.2) is 10.8 Å². The van der Waals surface area contributed by atoms with Crippen molar-refractivity contribution in [3.63, 3.8) is 0 Å². The Morgan fingerprint density at radius 1 is 1.39 bits per heavy atom. The molecule has 23 heavy (non-hydrogen) atoms. The number of carbonyl (C=O) groups is 1. The Hall–Kier alpha value is -1.83. The summed E-state index contributed by atoms with van der Waals surface area (Å²) in [6.45, 7) is 7.26. The van der Waals surface area contributed by atoms with Crippen LogP contribution in [0.4, 0.5) is 5.82 Å². The molecule has 126 valence electrons. The molecule has 0 aliphatic carbocycles. The average molecular weight is 336 g/mol. The number of carbonyl (C=O) groups excluding carboxylic acids is 1. The zero-order chi connectivity index (χ0) is 16.8. The number of fused-ring (bicyclic) bond motifs is 1. The molecular weight excluding hydrogens is 312 g/mol. The fourth-order valence-electron chi connectivity index (χ4n) is 2.19. The Morgan fingerprint density at radius 3 is 2.83 bits per heavy atom. The molecule has 0 aromatic carbocycles. The van der Waals surface area contributed by atoms with Crippen LogP contribution in [0.15, 0.2) is 11.4 Å². The molecule has 8 heteroatoms. The van der Waals surface area contributed by atoms with Crippen molar-refractivity contribution < 1.29 is 4.79 Å². The second-order valence-electron chi connectivity index (χ2n) is 5.56. The van der Waals surface area contributed by atoms with E-state index in [4.69, 9.17) is 0 Å². The highest BCUT2D eigenvalue weighted by Crippen LogP contribution is 2.23. The summed E-state index contributed by atoms with van der Waals surface area (Å²) in [6, 6.07) is 0.277. The molecule has 2 heterocycles. The van der Waals surface area contributed by atoms with Gasteiger partial charge in [-0.2, -0.15) is 5.10 Å². The Balaban J connectivity index is 2.19. The summed E-state index contributed by atoms with van der Waals surface area (Å²) in [5.41, 5.74) is 0.789. The first kappa shape index (κ1) is 17.5. The van der Waals surface area contributed by atoms with E-state index in [0.717, 1.165) is 23.3 Å². The summed E-state index contributed by atoms with van der Waals surface area (Å²) in [7, 11) is 0. The predicted molar refractivity (Wildman–Crippen MR) is 93.8 cm³/mol. The fourth-order valence-corrected chi connectivity index (χ4v) is 2.55. The van der Waals surface area contributed by atoms with Gasteiger partial charge in [0, 0.05) is 19.0 Å². The number of thioether (sulfide) groups is 1. The van der Waals surface area contributed by atoms with Crippen molar-refractivity contribution in [2.24, 2.45) is 0 Å². The molecule has 0 spiro atoms. The smallest absolute Gasteiger partial charge is 0.220 e. The van der Waals surface area contributed by atoms with Crippen LogP contribution in [0.2, 0.25) is 0 Å². The standard InChI is InChI=1S/C15H24N6OS/c1-5-6-12(22)16-7-8-21-14-11(9-17-21)13(18-10(2)3)19-15(20-14)23-4/h9-10H,5-8H2,1-4H3,(H,16,22)(H,18,19,20). The van der Waals surface area contributed by atoms with Crippen LogP contribution in [-0.2, 0) is 11.3 Å². The van der Waals surface area contributed by atoms with Gasteiger partial charge in [-0.1, -0.05) is 18.7 Å². The number of hydrogen-bond acceptors (Lipinski definition) is 6. The third-order valence-electron chi connectivity index (χ3n) is 3.21. The topological polar surface area (TPSA) is 84.7 Å². The van der Waals surface area contributed by atoms with Crippen LogP contribution >= 0.6 is 11.8 Å². The minimum Gasteiger partial charge on any atom is -0.367 e. The summed E-state index contributed by atoms with van der Waals surface area (Å²) in [5.74, 6) is 0.876. The normalized spacial score (nSPS) is 11.2. The van der Waals surface area contributed by atoms with Crippen LogP contribution < -0.4 is 10.6 Å². The summed E-state index contributed by atoms with van der Waals surface area (Å²) in [4.78, 5) is 20.6. The van der Waals surface area contributed by atoms with Crippen molar-refractivity contribution in [1.82, 2.24) is 25.1 Å². The molecule has 7 nitrogen and oxygen atoms in total. The molecule has 0 radical (unpaired) electrons. The lowest BCUT2D eigenvalue weighted by Gasteiger charge is -2.11. The van der Waals surface area contributed by atoms with Crippen LogP contribution in [-0.4, -0.2) is 44.5 Å². The maximum atomic E-state index is 11.5. The van der Waals surface area contributed by atoms with E-state index in [-0.39, 0.29) is 11.9 Å². The number of nitrogens with zero attached hydrogens (tertiary/aromatic N) is 4.